The first-order valence-corrected chi connectivity index (χ1v) is 13.0. The lowest BCUT2D eigenvalue weighted by Crippen LogP contribution is -2.44. The van der Waals surface area contributed by atoms with Crippen LogP contribution in [0, 0.1) is 5.41 Å². The molecular formula is C22H32O10S2. The van der Waals surface area contributed by atoms with Gasteiger partial charge in [-0.3, -0.25) is 14.4 Å². The van der Waals surface area contributed by atoms with E-state index in [0.29, 0.717) is 11.5 Å². The van der Waals surface area contributed by atoms with E-state index in [4.69, 9.17) is 23.7 Å². The predicted octanol–water partition coefficient (Wildman–Crippen LogP) is 1.96. The number of ether oxygens (including phenoxy) is 5. The molecule has 0 aliphatic carbocycles. The van der Waals surface area contributed by atoms with Gasteiger partial charge in [0.2, 0.25) is 0 Å². The SMILES string of the molecule is C=CC(=O)OCCC(=O)OCC(COC(=O)C=C)(COC(=O)CCSC)COC(=O)CCSC. The van der Waals surface area contributed by atoms with Crippen LogP contribution in [0.5, 0.6) is 0 Å². The van der Waals surface area contributed by atoms with E-state index < -0.39 is 41.9 Å². The van der Waals surface area contributed by atoms with Gasteiger partial charge in [0.15, 0.2) is 0 Å². The summed E-state index contributed by atoms with van der Waals surface area (Å²) in [6.45, 7) is 4.91. The van der Waals surface area contributed by atoms with Gasteiger partial charge < -0.3 is 23.7 Å². The van der Waals surface area contributed by atoms with E-state index in [1.807, 2.05) is 12.5 Å². The van der Waals surface area contributed by atoms with E-state index >= 15 is 0 Å². The third kappa shape index (κ3) is 15.4. The van der Waals surface area contributed by atoms with Crippen molar-refractivity contribution in [2.45, 2.75) is 19.3 Å². The highest BCUT2D eigenvalue weighted by molar-refractivity contribution is 7.98. The van der Waals surface area contributed by atoms with Crippen LogP contribution in [0.1, 0.15) is 19.3 Å². The Morgan fingerprint density at radius 1 is 0.647 bits per heavy atom. The maximum atomic E-state index is 12.1. The van der Waals surface area contributed by atoms with Gasteiger partial charge in [0.05, 0.1) is 19.3 Å². The van der Waals surface area contributed by atoms with Gasteiger partial charge in [0.25, 0.3) is 0 Å². The molecule has 0 amide bonds. The number of hydrogen-bond donors (Lipinski definition) is 0. The number of esters is 5. The van der Waals surface area contributed by atoms with Gasteiger partial charge in [-0.2, -0.15) is 23.5 Å². The molecule has 0 aliphatic rings. The maximum Gasteiger partial charge on any atom is 0.330 e. The fourth-order valence-electron chi connectivity index (χ4n) is 2.12. The third-order valence-electron chi connectivity index (χ3n) is 4.04. The molecular weight excluding hydrogens is 488 g/mol. The van der Waals surface area contributed by atoms with Crippen molar-refractivity contribution >= 4 is 53.4 Å². The van der Waals surface area contributed by atoms with Crippen molar-refractivity contribution < 1.29 is 47.7 Å². The zero-order valence-corrected chi connectivity index (χ0v) is 21.2. The van der Waals surface area contributed by atoms with Gasteiger partial charge in [-0.05, 0) is 12.5 Å². The number of carbonyl (C=O) groups excluding carboxylic acids is 5. The van der Waals surface area contributed by atoms with E-state index in [9.17, 15) is 24.0 Å². The van der Waals surface area contributed by atoms with Crippen molar-refractivity contribution in [1.29, 1.82) is 0 Å². The Kier molecular flexibility index (Phi) is 17.5. The predicted molar refractivity (Wildman–Crippen MR) is 128 cm³/mol. The molecule has 192 valence electrons. The average molecular weight is 521 g/mol. The summed E-state index contributed by atoms with van der Waals surface area (Å²) in [5.74, 6) is -2.10. The van der Waals surface area contributed by atoms with Crippen LogP contribution in [-0.2, 0) is 47.7 Å². The van der Waals surface area contributed by atoms with Crippen molar-refractivity contribution in [1.82, 2.24) is 0 Å². The monoisotopic (exact) mass is 520 g/mol. The molecule has 0 saturated carbocycles. The van der Waals surface area contributed by atoms with Crippen LogP contribution in [0.15, 0.2) is 25.3 Å². The number of carbonyl (C=O) groups is 5. The molecule has 0 saturated heterocycles. The molecule has 34 heavy (non-hydrogen) atoms. The molecule has 0 atom stereocenters. The quantitative estimate of drug-likeness (QED) is 0.140. The van der Waals surface area contributed by atoms with Crippen LogP contribution in [0.2, 0.25) is 0 Å². The molecule has 0 unspecified atom stereocenters. The summed E-state index contributed by atoms with van der Waals surface area (Å²) in [4.78, 5) is 59.0. The van der Waals surface area contributed by atoms with Crippen molar-refractivity contribution in [2.24, 2.45) is 5.41 Å². The fraction of sp³-hybridized carbons (Fsp3) is 0.591. The second-order valence-electron chi connectivity index (χ2n) is 6.90. The second-order valence-corrected chi connectivity index (χ2v) is 8.87. The van der Waals surface area contributed by atoms with E-state index in [2.05, 4.69) is 13.2 Å². The van der Waals surface area contributed by atoms with Crippen molar-refractivity contribution in [3.8, 4) is 0 Å². The first-order chi connectivity index (χ1) is 16.2. The van der Waals surface area contributed by atoms with Gasteiger partial charge in [0.1, 0.15) is 38.4 Å². The Hall–Kier alpha value is -2.47. The normalized spacial score (nSPS) is 10.5. The van der Waals surface area contributed by atoms with Gasteiger partial charge in [0, 0.05) is 23.7 Å². The lowest BCUT2D eigenvalue weighted by Gasteiger charge is -2.31. The van der Waals surface area contributed by atoms with E-state index in [-0.39, 0.29) is 45.7 Å². The highest BCUT2D eigenvalue weighted by Crippen LogP contribution is 2.22. The fourth-order valence-corrected chi connectivity index (χ4v) is 2.86. The van der Waals surface area contributed by atoms with Crippen LogP contribution >= 0.6 is 23.5 Å². The Morgan fingerprint density at radius 3 is 1.44 bits per heavy atom. The Balaban J connectivity index is 5.38. The van der Waals surface area contributed by atoms with Crippen LogP contribution < -0.4 is 0 Å². The summed E-state index contributed by atoms with van der Waals surface area (Å²) in [6.07, 6.45) is 5.62. The third-order valence-corrected chi connectivity index (χ3v) is 5.27. The minimum Gasteiger partial charge on any atom is -0.465 e. The first-order valence-electron chi connectivity index (χ1n) is 10.2. The van der Waals surface area contributed by atoms with Crippen LogP contribution in [0.3, 0.4) is 0 Å². The van der Waals surface area contributed by atoms with Gasteiger partial charge in [-0.1, -0.05) is 13.2 Å². The van der Waals surface area contributed by atoms with Gasteiger partial charge in [-0.15, -0.1) is 0 Å². The van der Waals surface area contributed by atoms with Crippen molar-refractivity contribution in [2.75, 3.05) is 57.1 Å². The smallest absolute Gasteiger partial charge is 0.330 e. The highest BCUT2D eigenvalue weighted by atomic mass is 32.2. The van der Waals surface area contributed by atoms with Crippen LogP contribution in [-0.4, -0.2) is 86.9 Å². The summed E-state index contributed by atoms with van der Waals surface area (Å²) < 4.78 is 25.7. The molecule has 0 fully saturated rings. The van der Waals surface area contributed by atoms with Crippen LogP contribution in [0.4, 0.5) is 0 Å². The lowest BCUT2D eigenvalue weighted by atomic mass is 9.92. The van der Waals surface area contributed by atoms with E-state index in [1.54, 1.807) is 0 Å². The number of rotatable bonds is 19. The molecule has 0 rings (SSSR count). The number of hydrogen-bond acceptors (Lipinski definition) is 12. The zero-order chi connectivity index (χ0) is 25.8. The molecule has 0 aliphatic heterocycles. The average Bonchev–Trinajstić information content (AvgIpc) is 2.84. The Labute approximate surface area is 208 Å². The zero-order valence-electron chi connectivity index (χ0n) is 19.5. The summed E-state index contributed by atoms with van der Waals surface area (Å²) in [5.41, 5.74) is -1.35. The molecule has 0 aromatic carbocycles. The molecule has 10 nitrogen and oxygen atoms in total. The topological polar surface area (TPSA) is 132 Å². The Morgan fingerprint density at radius 2 is 1.03 bits per heavy atom. The molecule has 0 heterocycles. The number of thioether (sulfide) groups is 2. The van der Waals surface area contributed by atoms with Gasteiger partial charge in [-0.25, -0.2) is 9.59 Å². The highest BCUT2D eigenvalue weighted by Gasteiger charge is 2.37. The molecule has 12 heteroatoms. The molecule has 0 aromatic rings. The molecule has 0 N–H and O–H groups in total. The van der Waals surface area contributed by atoms with E-state index in [1.165, 1.54) is 23.5 Å². The van der Waals surface area contributed by atoms with Crippen molar-refractivity contribution in [3.05, 3.63) is 25.3 Å². The lowest BCUT2D eigenvalue weighted by molar-refractivity contribution is -0.169. The molecule has 0 spiro atoms. The van der Waals surface area contributed by atoms with E-state index in [0.717, 1.165) is 12.2 Å². The standard InChI is InChI=1S/C22H32O10S2/c1-5-17(23)28-10-7-19(25)30-14-22(13-29-18(24)6-2,15-31-20(26)8-11-33-3)16-32-21(27)9-12-34-4/h5-6H,1-2,7-16H2,3-4H3. The molecule has 0 radical (unpaired) electrons. The minimum absolute atomic E-state index is 0.145. The first kappa shape index (κ1) is 31.5. The maximum absolute atomic E-state index is 12.1. The summed E-state index contributed by atoms with van der Waals surface area (Å²) in [6, 6.07) is 0. The van der Waals surface area contributed by atoms with Crippen LogP contribution in [0.25, 0.3) is 0 Å². The summed E-state index contributed by atoms with van der Waals surface area (Å²) in [5, 5.41) is 0. The van der Waals surface area contributed by atoms with Crippen molar-refractivity contribution in [3.63, 3.8) is 0 Å². The molecule has 0 aromatic heterocycles. The van der Waals surface area contributed by atoms with Gasteiger partial charge >= 0.3 is 29.8 Å². The second kappa shape index (κ2) is 18.9. The summed E-state index contributed by atoms with van der Waals surface area (Å²) in [7, 11) is 0. The summed E-state index contributed by atoms with van der Waals surface area (Å²) >= 11 is 2.93. The largest absolute Gasteiger partial charge is 0.465 e. The minimum atomic E-state index is -1.35. The molecule has 0 bridgehead atoms. The Bertz CT molecular complexity index is 684.